The van der Waals surface area contributed by atoms with Gasteiger partial charge in [0, 0.05) is 12.4 Å². The summed E-state index contributed by atoms with van der Waals surface area (Å²) in [6.45, 7) is 0. The Bertz CT molecular complexity index is 901. The van der Waals surface area contributed by atoms with Crippen LogP contribution in [0.2, 0.25) is 0 Å². The molecule has 0 saturated carbocycles. The predicted octanol–water partition coefficient (Wildman–Crippen LogP) is 5.35. The first-order chi connectivity index (χ1) is 14.4. The fourth-order valence-electron chi connectivity index (χ4n) is 2.70. The summed E-state index contributed by atoms with van der Waals surface area (Å²) < 4.78 is 18.5. The van der Waals surface area contributed by atoms with Crippen LogP contribution in [0.5, 0.6) is 11.5 Å². The molecule has 2 unspecified atom stereocenters. The van der Waals surface area contributed by atoms with Crippen LogP contribution in [0, 0.1) is 0 Å². The molecule has 0 aliphatic rings. The quantitative estimate of drug-likeness (QED) is 0.383. The Morgan fingerprint density at radius 3 is 1.28 bits per heavy atom. The minimum absolute atomic E-state index is 0.633. The van der Waals surface area contributed by atoms with Crippen LogP contribution < -0.4 is 9.47 Å². The molecule has 0 saturated heterocycles. The lowest BCUT2D eigenvalue weighted by Crippen LogP contribution is -2.21. The third-order valence-corrected chi connectivity index (χ3v) is 4.08. The zero-order valence-corrected chi connectivity index (χ0v) is 15.7. The average molecular weight is 384 g/mol. The zero-order chi connectivity index (χ0) is 19.7. The summed E-state index contributed by atoms with van der Waals surface area (Å²) in [4.78, 5) is 8.81. The third kappa shape index (κ3) is 5.18. The number of hydrogen-bond acceptors (Lipinski definition) is 5. The molecule has 0 N–H and O–H groups in total. The minimum Gasteiger partial charge on any atom is -0.459 e. The second-order valence-electron chi connectivity index (χ2n) is 6.17. The Hall–Kier alpha value is -3.70. The normalized spacial score (nSPS) is 12.7. The van der Waals surface area contributed by atoms with E-state index in [0.29, 0.717) is 22.9 Å². The highest BCUT2D eigenvalue weighted by atomic mass is 16.8. The molecule has 0 bridgehead atoms. The van der Waals surface area contributed by atoms with E-state index < -0.39 is 12.6 Å². The molecule has 0 radical (unpaired) electrons. The van der Waals surface area contributed by atoms with Crippen molar-refractivity contribution in [2.75, 3.05) is 0 Å². The molecular weight excluding hydrogens is 364 g/mol. The number of ether oxygens (including phenoxy) is 3. The smallest absolute Gasteiger partial charge is 0.247 e. The van der Waals surface area contributed by atoms with Gasteiger partial charge in [-0.05, 0) is 48.5 Å². The Balaban J connectivity index is 1.64. The standard InChI is InChI=1S/C24H20N2O3/c1-3-11-19(12-4-1)27-23(21-15-7-9-17-25-21)29-24(22-16-8-10-18-26-22)28-20-13-5-2-6-14-20/h1-18,23-24H. The molecule has 0 amide bonds. The predicted molar refractivity (Wildman–Crippen MR) is 109 cm³/mol. The maximum Gasteiger partial charge on any atom is 0.247 e. The van der Waals surface area contributed by atoms with E-state index >= 15 is 0 Å². The van der Waals surface area contributed by atoms with E-state index in [-0.39, 0.29) is 0 Å². The topological polar surface area (TPSA) is 53.5 Å². The van der Waals surface area contributed by atoms with E-state index in [1.807, 2.05) is 97.1 Å². The summed E-state index contributed by atoms with van der Waals surface area (Å²) in [6.07, 6.45) is 1.84. The fraction of sp³-hybridized carbons (Fsp3) is 0.0833. The van der Waals surface area contributed by atoms with E-state index in [1.165, 1.54) is 0 Å². The van der Waals surface area contributed by atoms with Crippen molar-refractivity contribution in [1.29, 1.82) is 0 Å². The molecule has 5 nitrogen and oxygen atoms in total. The second kappa shape index (κ2) is 9.48. The van der Waals surface area contributed by atoms with Crippen molar-refractivity contribution in [1.82, 2.24) is 9.97 Å². The van der Waals surface area contributed by atoms with Crippen molar-refractivity contribution in [3.05, 3.63) is 121 Å². The van der Waals surface area contributed by atoms with E-state index in [1.54, 1.807) is 12.4 Å². The molecule has 0 aliphatic heterocycles. The first kappa shape index (κ1) is 18.7. The minimum atomic E-state index is -0.783. The molecule has 4 aromatic rings. The number of rotatable bonds is 8. The molecule has 2 atom stereocenters. The Morgan fingerprint density at radius 2 is 0.897 bits per heavy atom. The summed E-state index contributed by atoms with van der Waals surface area (Å²) in [5.41, 5.74) is 1.27. The van der Waals surface area contributed by atoms with Gasteiger partial charge >= 0.3 is 0 Å². The van der Waals surface area contributed by atoms with Crippen LogP contribution in [0.25, 0.3) is 0 Å². The van der Waals surface area contributed by atoms with E-state index in [4.69, 9.17) is 14.2 Å². The SMILES string of the molecule is c1ccc(OC(OC(Oc2ccccc2)c2ccccn2)c2ccccn2)cc1. The average Bonchev–Trinajstić information content (AvgIpc) is 2.81. The largest absolute Gasteiger partial charge is 0.459 e. The molecule has 2 heterocycles. The summed E-state index contributed by atoms with van der Waals surface area (Å²) >= 11 is 0. The number of nitrogens with zero attached hydrogens (tertiary/aromatic N) is 2. The lowest BCUT2D eigenvalue weighted by atomic mass is 10.3. The van der Waals surface area contributed by atoms with Crippen LogP contribution in [-0.4, -0.2) is 9.97 Å². The first-order valence-corrected chi connectivity index (χ1v) is 9.29. The van der Waals surface area contributed by atoms with E-state index in [2.05, 4.69) is 9.97 Å². The van der Waals surface area contributed by atoms with Crippen molar-refractivity contribution in [3.63, 3.8) is 0 Å². The number of benzene rings is 2. The molecule has 2 aromatic carbocycles. The third-order valence-electron chi connectivity index (χ3n) is 4.08. The maximum atomic E-state index is 6.26. The van der Waals surface area contributed by atoms with Crippen molar-refractivity contribution < 1.29 is 14.2 Å². The number of pyridine rings is 2. The zero-order valence-electron chi connectivity index (χ0n) is 15.7. The molecule has 144 valence electrons. The Kier molecular flexibility index (Phi) is 6.10. The van der Waals surface area contributed by atoms with Gasteiger partial charge < -0.3 is 9.47 Å². The van der Waals surface area contributed by atoms with Crippen molar-refractivity contribution in [2.24, 2.45) is 0 Å². The van der Waals surface area contributed by atoms with Gasteiger partial charge in [0.1, 0.15) is 22.9 Å². The Morgan fingerprint density at radius 1 is 0.483 bits per heavy atom. The van der Waals surface area contributed by atoms with Gasteiger partial charge in [-0.3, -0.25) is 14.7 Å². The van der Waals surface area contributed by atoms with Crippen molar-refractivity contribution in [3.8, 4) is 11.5 Å². The lowest BCUT2D eigenvalue weighted by molar-refractivity contribution is -0.195. The van der Waals surface area contributed by atoms with Crippen LogP contribution in [0.3, 0.4) is 0 Å². The summed E-state index contributed by atoms with van der Waals surface area (Å²) in [7, 11) is 0. The molecule has 29 heavy (non-hydrogen) atoms. The van der Waals surface area contributed by atoms with Gasteiger partial charge in [0.05, 0.1) is 0 Å². The highest BCUT2D eigenvalue weighted by Crippen LogP contribution is 2.30. The molecule has 5 heteroatoms. The maximum absolute atomic E-state index is 6.26. The molecule has 0 aliphatic carbocycles. The fourth-order valence-corrected chi connectivity index (χ4v) is 2.70. The van der Waals surface area contributed by atoms with E-state index in [9.17, 15) is 0 Å². The highest BCUT2D eigenvalue weighted by molar-refractivity contribution is 5.23. The number of hydrogen-bond donors (Lipinski definition) is 0. The van der Waals surface area contributed by atoms with Crippen LogP contribution in [0.4, 0.5) is 0 Å². The van der Waals surface area contributed by atoms with Gasteiger partial charge in [0.2, 0.25) is 12.6 Å². The van der Waals surface area contributed by atoms with E-state index in [0.717, 1.165) is 0 Å². The van der Waals surface area contributed by atoms with Crippen molar-refractivity contribution >= 4 is 0 Å². The summed E-state index contributed by atoms with van der Waals surface area (Å²) in [5, 5.41) is 0. The number of para-hydroxylation sites is 2. The monoisotopic (exact) mass is 384 g/mol. The summed E-state index contributed by atoms with van der Waals surface area (Å²) in [6, 6.07) is 30.1. The highest BCUT2D eigenvalue weighted by Gasteiger charge is 2.25. The molecule has 0 spiro atoms. The lowest BCUT2D eigenvalue weighted by Gasteiger charge is -2.25. The van der Waals surface area contributed by atoms with Crippen LogP contribution in [0.1, 0.15) is 24.0 Å². The Labute approximate surface area is 169 Å². The van der Waals surface area contributed by atoms with Gasteiger partial charge in [-0.1, -0.05) is 48.5 Å². The van der Waals surface area contributed by atoms with Gasteiger partial charge in [-0.15, -0.1) is 0 Å². The first-order valence-electron chi connectivity index (χ1n) is 9.29. The van der Waals surface area contributed by atoms with Crippen LogP contribution >= 0.6 is 0 Å². The summed E-state index contributed by atoms with van der Waals surface area (Å²) in [5.74, 6) is 1.34. The van der Waals surface area contributed by atoms with Gasteiger partial charge in [0.15, 0.2) is 0 Å². The van der Waals surface area contributed by atoms with Crippen molar-refractivity contribution in [2.45, 2.75) is 12.6 Å². The van der Waals surface area contributed by atoms with Gasteiger partial charge in [-0.25, -0.2) is 0 Å². The van der Waals surface area contributed by atoms with Gasteiger partial charge in [0.25, 0.3) is 0 Å². The van der Waals surface area contributed by atoms with Crippen LogP contribution in [-0.2, 0) is 4.74 Å². The molecule has 0 fully saturated rings. The van der Waals surface area contributed by atoms with Crippen LogP contribution in [0.15, 0.2) is 109 Å². The molecule has 2 aromatic heterocycles. The molecular formula is C24H20N2O3. The molecule has 4 rings (SSSR count). The van der Waals surface area contributed by atoms with Gasteiger partial charge in [-0.2, -0.15) is 0 Å². The second-order valence-corrected chi connectivity index (χ2v) is 6.17. The number of aromatic nitrogens is 2.